The first-order valence-corrected chi connectivity index (χ1v) is 9.11. The second-order valence-electron chi connectivity index (χ2n) is 5.27. The molecular formula is C20H33Cl. The number of hydrogen-bond acceptors (Lipinski definition) is 0. The Hall–Kier alpha value is -0.750. The average molecular weight is 309 g/mol. The van der Waals surface area contributed by atoms with Gasteiger partial charge < -0.3 is 0 Å². The van der Waals surface area contributed by atoms with Crippen LogP contribution in [0.2, 0.25) is 0 Å². The lowest BCUT2D eigenvalue weighted by molar-refractivity contribution is 0.728. The van der Waals surface area contributed by atoms with Crippen molar-refractivity contribution in [2.75, 3.05) is 5.88 Å². The van der Waals surface area contributed by atoms with E-state index in [0.717, 1.165) is 38.0 Å². The smallest absolute Gasteiger partial charge is 0.0223 e. The van der Waals surface area contributed by atoms with Gasteiger partial charge >= 0.3 is 0 Å². The van der Waals surface area contributed by atoms with Gasteiger partial charge in [0.15, 0.2) is 0 Å². The molecule has 0 saturated heterocycles. The molecule has 1 heteroatoms. The molecule has 0 rings (SSSR count). The molecule has 0 spiro atoms. The normalized spacial score (nSPS) is 12.7. The van der Waals surface area contributed by atoms with Crippen LogP contribution in [0, 0.1) is 0 Å². The lowest BCUT2D eigenvalue weighted by atomic mass is 10.2. The molecule has 0 aromatic heterocycles. The number of halogens is 1. The SMILES string of the molecule is CCCCCC=CCC=CCC=CCC=CCCCCCl. The van der Waals surface area contributed by atoms with Gasteiger partial charge in [0, 0.05) is 5.88 Å². The van der Waals surface area contributed by atoms with Crippen molar-refractivity contribution in [3.63, 3.8) is 0 Å². The molecule has 0 aliphatic carbocycles. The molecule has 0 aliphatic heterocycles. The topological polar surface area (TPSA) is 0 Å². The number of hydrogen-bond donors (Lipinski definition) is 0. The largest absolute Gasteiger partial charge is 0.127 e. The highest BCUT2D eigenvalue weighted by atomic mass is 35.5. The number of alkyl halides is 1. The van der Waals surface area contributed by atoms with Gasteiger partial charge in [-0.15, -0.1) is 11.6 Å². The summed E-state index contributed by atoms with van der Waals surface area (Å²) in [7, 11) is 0. The number of unbranched alkanes of at least 4 members (excludes halogenated alkanes) is 5. The first-order chi connectivity index (χ1) is 10.4. The van der Waals surface area contributed by atoms with Crippen LogP contribution >= 0.6 is 11.6 Å². The van der Waals surface area contributed by atoms with Gasteiger partial charge in [-0.1, -0.05) is 68.4 Å². The Kier molecular flexibility index (Phi) is 18.6. The Morgan fingerprint density at radius 1 is 0.571 bits per heavy atom. The zero-order chi connectivity index (χ0) is 15.4. The van der Waals surface area contributed by atoms with Gasteiger partial charge in [0.1, 0.15) is 0 Å². The Labute approximate surface area is 137 Å². The van der Waals surface area contributed by atoms with E-state index in [9.17, 15) is 0 Å². The van der Waals surface area contributed by atoms with E-state index in [2.05, 4.69) is 55.5 Å². The predicted molar refractivity (Wildman–Crippen MR) is 99.1 cm³/mol. The second kappa shape index (κ2) is 19.2. The molecule has 0 unspecified atom stereocenters. The van der Waals surface area contributed by atoms with E-state index < -0.39 is 0 Å². The van der Waals surface area contributed by atoms with Gasteiger partial charge in [0.2, 0.25) is 0 Å². The second-order valence-corrected chi connectivity index (χ2v) is 5.65. The number of rotatable bonds is 14. The summed E-state index contributed by atoms with van der Waals surface area (Å²) in [5, 5.41) is 0. The fourth-order valence-electron chi connectivity index (χ4n) is 1.92. The maximum absolute atomic E-state index is 5.63. The summed E-state index contributed by atoms with van der Waals surface area (Å²) in [5.74, 6) is 0.786. The molecular weight excluding hydrogens is 276 g/mol. The Balaban J connectivity index is 3.35. The van der Waals surface area contributed by atoms with Crippen LogP contribution in [-0.2, 0) is 0 Å². The monoisotopic (exact) mass is 308 g/mol. The highest BCUT2D eigenvalue weighted by molar-refractivity contribution is 6.17. The van der Waals surface area contributed by atoms with Gasteiger partial charge in [-0.25, -0.2) is 0 Å². The van der Waals surface area contributed by atoms with Crippen molar-refractivity contribution in [2.24, 2.45) is 0 Å². The molecule has 120 valence electrons. The third-order valence-corrected chi connectivity index (χ3v) is 3.48. The van der Waals surface area contributed by atoms with Crippen molar-refractivity contribution in [3.05, 3.63) is 48.6 Å². The summed E-state index contributed by atoms with van der Waals surface area (Å²) in [4.78, 5) is 0. The molecule has 0 saturated carbocycles. The molecule has 0 aromatic rings. The summed E-state index contributed by atoms with van der Waals surface area (Å²) in [6, 6.07) is 0. The van der Waals surface area contributed by atoms with Crippen molar-refractivity contribution in [2.45, 2.75) is 71.1 Å². The van der Waals surface area contributed by atoms with Crippen LogP contribution in [0.3, 0.4) is 0 Å². The molecule has 0 amide bonds. The molecule has 0 N–H and O–H groups in total. The molecule has 0 radical (unpaired) electrons. The van der Waals surface area contributed by atoms with Gasteiger partial charge in [0.25, 0.3) is 0 Å². The van der Waals surface area contributed by atoms with E-state index in [1.54, 1.807) is 0 Å². The van der Waals surface area contributed by atoms with Crippen molar-refractivity contribution in [1.29, 1.82) is 0 Å². The Bertz CT molecular complexity index is 267. The van der Waals surface area contributed by atoms with Crippen LogP contribution in [0.1, 0.15) is 71.1 Å². The lowest BCUT2D eigenvalue weighted by Gasteiger charge is -1.90. The van der Waals surface area contributed by atoms with Crippen LogP contribution < -0.4 is 0 Å². The van der Waals surface area contributed by atoms with Gasteiger partial charge in [-0.3, -0.25) is 0 Å². The summed E-state index contributed by atoms with van der Waals surface area (Å²) in [6.07, 6.45) is 30.0. The van der Waals surface area contributed by atoms with Gasteiger partial charge in [-0.05, 0) is 51.4 Å². The molecule has 0 fully saturated rings. The fourth-order valence-corrected chi connectivity index (χ4v) is 2.11. The molecule has 21 heavy (non-hydrogen) atoms. The first-order valence-electron chi connectivity index (χ1n) is 8.57. The van der Waals surface area contributed by atoms with Crippen LogP contribution in [-0.4, -0.2) is 5.88 Å². The van der Waals surface area contributed by atoms with Crippen LogP contribution in [0.5, 0.6) is 0 Å². The molecule has 0 heterocycles. The van der Waals surface area contributed by atoms with Crippen LogP contribution in [0.25, 0.3) is 0 Å². The average Bonchev–Trinajstić information content (AvgIpc) is 2.50. The molecule has 0 aliphatic rings. The molecule has 0 aromatic carbocycles. The highest BCUT2D eigenvalue weighted by Gasteiger charge is 1.82. The van der Waals surface area contributed by atoms with E-state index in [1.807, 2.05) is 0 Å². The standard InChI is InChI=1S/C20H33Cl/c1-2-3-4-5-6-7-8-9-10-11-12-13-14-15-16-17-18-19-20-21/h6-7,9-10,12-13,15-16H,2-5,8,11,14,17-20H2,1H3. The van der Waals surface area contributed by atoms with E-state index in [1.165, 1.54) is 32.1 Å². The number of allylic oxidation sites excluding steroid dienone is 8. The van der Waals surface area contributed by atoms with E-state index in [-0.39, 0.29) is 0 Å². The minimum absolute atomic E-state index is 0.786. The highest BCUT2D eigenvalue weighted by Crippen LogP contribution is 2.01. The maximum atomic E-state index is 5.63. The molecule has 0 nitrogen and oxygen atoms in total. The molecule has 0 bridgehead atoms. The fraction of sp³-hybridized carbons (Fsp3) is 0.600. The minimum atomic E-state index is 0.786. The van der Waals surface area contributed by atoms with Gasteiger partial charge in [-0.2, -0.15) is 0 Å². The summed E-state index contributed by atoms with van der Waals surface area (Å²) in [6.45, 7) is 2.25. The van der Waals surface area contributed by atoms with E-state index >= 15 is 0 Å². The predicted octanol–water partition coefficient (Wildman–Crippen LogP) is 7.37. The molecule has 0 atom stereocenters. The zero-order valence-corrected chi connectivity index (χ0v) is 14.5. The lowest BCUT2D eigenvalue weighted by Crippen LogP contribution is -1.73. The summed E-state index contributed by atoms with van der Waals surface area (Å²) < 4.78 is 0. The van der Waals surface area contributed by atoms with E-state index in [4.69, 9.17) is 11.6 Å². The minimum Gasteiger partial charge on any atom is -0.127 e. The van der Waals surface area contributed by atoms with Crippen molar-refractivity contribution < 1.29 is 0 Å². The maximum Gasteiger partial charge on any atom is 0.0223 e. The van der Waals surface area contributed by atoms with Crippen LogP contribution in [0.15, 0.2) is 48.6 Å². The van der Waals surface area contributed by atoms with Crippen molar-refractivity contribution in [1.82, 2.24) is 0 Å². The quantitative estimate of drug-likeness (QED) is 0.178. The Morgan fingerprint density at radius 2 is 1.00 bits per heavy atom. The van der Waals surface area contributed by atoms with Crippen molar-refractivity contribution in [3.8, 4) is 0 Å². The van der Waals surface area contributed by atoms with E-state index in [0.29, 0.717) is 0 Å². The Morgan fingerprint density at radius 3 is 1.43 bits per heavy atom. The first kappa shape index (κ1) is 20.2. The van der Waals surface area contributed by atoms with Crippen LogP contribution in [0.4, 0.5) is 0 Å². The summed E-state index contributed by atoms with van der Waals surface area (Å²) >= 11 is 5.63. The van der Waals surface area contributed by atoms with Crippen molar-refractivity contribution >= 4 is 11.6 Å². The zero-order valence-electron chi connectivity index (χ0n) is 13.8. The summed E-state index contributed by atoms with van der Waals surface area (Å²) in [5.41, 5.74) is 0. The third kappa shape index (κ3) is 19.2. The van der Waals surface area contributed by atoms with Gasteiger partial charge in [0.05, 0.1) is 0 Å². The third-order valence-electron chi connectivity index (χ3n) is 3.21.